The van der Waals surface area contributed by atoms with Crippen LogP contribution in [0.3, 0.4) is 0 Å². The Morgan fingerprint density at radius 1 is 0.640 bits per heavy atom. The molecular weight excluding hydrogens is 320 g/mol. The lowest BCUT2D eigenvalue weighted by molar-refractivity contribution is 0.0146. The van der Waals surface area contributed by atoms with E-state index in [4.69, 9.17) is 4.74 Å². The van der Waals surface area contributed by atoms with Crippen LogP contribution in [0.4, 0.5) is 0 Å². The van der Waals surface area contributed by atoms with Gasteiger partial charge in [-0.25, -0.2) is 0 Å². The Kier molecular flexibility index (Phi) is 4.21. The smallest absolute Gasteiger partial charge is 0.184 e. The van der Waals surface area contributed by atoms with E-state index in [2.05, 4.69) is 31.1 Å². The van der Waals surface area contributed by atoms with Crippen LogP contribution in [0.25, 0.3) is 22.8 Å². The Labute approximate surface area is 142 Å². The van der Waals surface area contributed by atoms with Crippen LogP contribution in [0.1, 0.15) is 0 Å². The maximum atomic E-state index is 5.69. The van der Waals surface area contributed by atoms with Gasteiger partial charge in [0.15, 0.2) is 11.6 Å². The fourth-order valence-electron chi connectivity index (χ4n) is 2.38. The average Bonchev–Trinajstić information content (AvgIpc) is 3.33. The minimum atomic E-state index is 0.186. The lowest BCUT2D eigenvalue weighted by atomic mass is 10.2. The summed E-state index contributed by atoms with van der Waals surface area (Å²) < 4.78 is 8.86. The maximum Gasteiger partial charge on any atom is 0.184 e. The first kappa shape index (κ1) is 15.1. The molecule has 0 radical (unpaired) electrons. The molecule has 0 N–H and O–H groups in total. The highest BCUT2D eigenvalue weighted by atomic mass is 16.5. The summed E-state index contributed by atoms with van der Waals surface area (Å²) in [6, 6.07) is 19.4. The van der Waals surface area contributed by atoms with Crippen molar-refractivity contribution in [2.24, 2.45) is 0 Å². The highest BCUT2D eigenvalue weighted by Gasteiger charge is 2.11. The standard InChI is InChI=1S/C16H14N8O/c1-3-7-13(8-4-1)15-17-19-21-23(15)11-25-12-24-16(18-20-22-24)14-9-5-2-6-10-14/h1-10H,11-12H2. The largest absolute Gasteiger partial charge is 0.337 e. The predicted molar refractivity (Wildman–Crippen MR) is 87.6 cm³/mol. The van der Waals surface area contributed by atoms with Crippen molar-refractivity contribution in [2.45, 2.75) is 13.5 Å². The van der Waals surface area contributed by atoms with Gasteiger partial charge < -0.3 is 4.74 Å². The van der Waals surface area contributed by atoms with Crippen molar-refractivity contribution in [3.63, 3.8) is 0 Å². The zero-order valence-electron chi connectivity index (χ0n) is 13.2. The number of aromatic nitrogens is 8. The molecule has 25 heavy (non-hydrogen) atoms. The van der Waals surface area contributed by atoms with Gasteiger partial charge in [-0.2, -0.15) is 9.36 Å². The van der Waals surface area contributed by atoms with Crippen LogP contribution >= 0.6 is 0 Å². The number of nitrogens with zero attached hydrogens (tertiary/aromatic N) is 8. The number of rotatable bonds is 6. The van der Waals surface area contributed by atoms with E-state index < -0.39 is 0 Å². The van der Waals surface area contributed by atoms with Crippen molar-refractivity contribution in [1.82, 2.24) is 40.4 Å². The summed E-state index contributed by atoms with van der Waals surface area (Å²) in [6.45, 7) is 0.372. The molecule has 2 aromatic heterocycles. The fraction of sp³-hybridized carbons (Fsp3) is 0.125. The highest BCUT2D eigenvalue weighted by molar-refractivity contribution is 5.54. The number of ether oxygens (including phenoxy) is 1. The quantitative estimate of drug-likeness (QED) is 0.528. The molecule has 0 unspecified atom stereocenters. The molecule has 0 aliphatic rings. The first-order valence-corrected chi connectivity index (χ1v) is 7.63. The molecule has 0 amide bonds. The Morgan fingerprint density at radius 3 is 1.52 bits per heavy atom. The average molecular weight is 334 g/mol. The number of hydrogen-bond donors (Lipinski definition) is 0. The first-order valence-electron chi connectivity index (χ1n) is 7.63. The summed E-state index contributed by atoms with van der Waals surface area (Å²) in [5.41, 5.74) is 1.84. The Bertz CT molecular complexity index is 857. The van der Waals surface area contributed by atoms with Gasteiger partial charge in [0.2, 0.25) is 0 Å². The molecule has 9 nitrogen and oxygen atoms in total. The van der Waals surface area contributed by atoms with E-state index in [1.807, 2.05) is 60.7 Å². The molecule has 0 atom stereocenters. The molecule has 0 saturated heterocycles. The highest BCUT2D eigenvalue weighted by Crippen LogP contribution is 2.16. The van der Waals surface area contributed by atoms with Crippen molar-refractivity contribution < 1.29 is 4.74 Å². The lowest BCUT2D eigenvalue weighted by Gasteiger charge is -2.07. The molecule has 0 saturated carbocycles. The van der Waals surface area contributed by atoms with Gasteiger partial charge in [0, 0.05) is 11.1 Å². The minimum Gasteiger partial charge on any atom is -0.337 e. The van der Waals surface area contributed by atoms with Crippen molar-refractivity contribution in [2.75, 3.05) is 0 Å². The molecule has 4 rings (SSSR count). The lowest BCUT2D eigenvalue weighted by Crippen LogP contribution is -2.11. The summed E-state index contributed by atoms with van der Waals surface area (Å²) in [6.07, 6.45) is 0. The molecule has 2 heterocycles. The zero-order chi connectivity index (χ0) is 16.9. The van der Waals surface area contributed by atoms with E-state index in [1.54, 1.807) is 9.36 Å². The fourth-order valence-corrected chi connectivity index (χ4v) is 2.38. The summed E-state index contributed by atoms with van der Waals surface area (Å²) in [4.78, 5) is 0. The van der Waals surface area contributed by atoms with Gasteiger partial charge >= 0.3 is 0 Å². The van der Waals surface area contributed by atoms with Gasteiger partial charge in [-0.3, -0.25) is 0 Å². The van der Waals surface area contributed by atoms with Crippen LogP contribution in [-0.2, 0) is 18.2 Å². The molecule has 2 aromatic carbocycles. The Hall–Kier alpha value is -3.46. The van der Waals surface area contributed by atoms with Gasteiger partial charge in [0.05, 0.1) is 0 Å². The Morgan fingerprint density at radius 2 is 1.08 bits per heavy atom. The third kappa shape index (κ3) is 3.26. The van der Waals surface area contributed by atoms with Crippen molar-refractivity contribution in [1.29, 1.82) is 0 Å². The summed E-state index contributed by atoms with van der Waals surface area (Å²) in [5, 5.41) is 23.4. The van der Waals surface area contributed by atoms with E-state index in [0.29, 0.717) is 11.6 Å². The monoisotopic (exact) mass is 334 g/mol. The third-order valence-corrected chi connectivity index (χ3v) is 3.55. The van der Waals surface area contributed by atoms with E-state index in [1.165, 1.54) is 0 Å². The van der Waals surface area contributed by atoms with Gasteiger partial charge in [0.25, 0.3) is 0 Å². The maximum absolute atomic E-state index is 5.69. The summed E-state index contributed by atoms with van der Waals surface area (Å²) in [5.74, 6) is 1.28. The zero-order valence-corrected chi connectivity index (χ0v) is 13.2. The second-order valence-electron chi connectivity index (χ2n) is 5.20. The predicted octanol–water partition coefficient (Wildman–Crippen LogP) is 1.63. The van der Waals surface area contributed by atoms with Gasteiger partial charge in [0.1, 0.15) is 13.5 Å². The topological polar surface area (TPSA) is 96.4 Å². The van der Waals surface area contributed by atoms with Crippen LogP contribution in [0, 0.1) is 0 Å². The second-order valence-corrected chi connectivity index (χ2v) is 5.20. The third-order valence-electron chi connectivity index (χ3n) is 3.55. The van der Waals surface area contributed by atoms with Crippen LogP contribution in [-0.4, -0.2) is 40.4 Å². The molecule has 124 valence electrons. The molecule has 4 aromatic rings. The molecule has 0 bridgehead atoms. The molecule has 0 aliphatic heterocycles. The summed E-state index contributed by atoms with van der Waals surface area (Å²) >= 11 is 0. The van der Waals surface area contributed by atoms with Crippen LogP contribution < -0.4 is 0 Å². The SMILES string of the molecule is c1ccc(-c2nnnn2COCn2nnnc2-c2ccccc2)cc1. The van der Waals surface area contributed by atoms with Crippen LogP contribution in [0.15, 0.2) is 60.7 Å². The van der Waals surface area contributed by atoms with Crippen molar-refractivity contribution >= 4 is 0 Å². The molecule has 9 heteroatoms. The minimum absolute atomic E-state index is 0.186. The summed E-state index contributed by atoms with van der Waals surface area (Å²) in [7, 11) is 0. The normalized spacial score (nSPS) is 10.9. The van der Waals surface area contributed by atoms with Gasteiger partial charge in [-0.05, 0) is 20.9 Å². The number of tetrazole rings is 2. The van der Waals surface area contributed by atoms with Crippen molar-refractivity contribution in [3.8, 4) is 22.8 Å². The van der Waals surface area contributed by atoms with Gasteiger partial charge in [-0.1, -0.05) is 60.7 Å². The van der Waals surface area contributed by atoms with Crippen LogP contribution in [0.2, 0.25) is 0 Å². The van der Waals surface area contributed by atoms with E-state index in [9.17, 15) is 0 Å². The van der Waals surface area contributed by atoms with E-state index in [0.717, 1.165) is 11.1 Å². The van der Waals surface area contributed by atoms with E-state index in [-0.39, 0.29) is 13.5 Å². The molecule has 0 fully saturated rings. The first-order chi connectivity index (χ1) is 12.4. The van der Waals surface area contributed by atoms with Crippen LogP contribution in [0.5, 0.6) is 0 Å². The van der Waals surface area contributed by atoms with E-state index >= 15 is 0 Å². The number of benzene rings is 2. The Balaban J connectivity index is 1.45. The van der Waals surface area contributed by atoms with Gasteiger partial charge in [-0.15, -0.1) is 10.2 Å². The molecular formula is C16H14N8O. The number of hydrogen-bond acceptors (Lipinski definition) is 7. The van der Waals surface area contributed by atoms with Crippen molar-refractivity contribution in [3.05, 3.63) is 60.7 Å². The molecule has 0 aliphatic carbocycles. The molecule has 0 spiro atoms. The second kappa shape index (κ2) is 6.97.